The number of rotatable bonds is 7. The van der Waals surface area contributed by atoms with E-state index in [-0.39, 0.29) is 18.4 Å². The molecule has 1 heterocycles. The number of carbonyl (C=O) groups excluding carboxylic acids is 2. The number of nitrogens with zero attached hydrogens (tertiary/aromatic N) is 1. The van der Waals surface area contributed by atoms with Gasteiger partial charge in [-0.2, -0.15) is 0 Å². The molecule has 1 N–H and O–H groups in total. The fourth-order valence-electron chi connectivity index (χ4n) is 2.37. The lowest BCUT2D eigenvalue weighted by molar-refractivity contribution is -0.134. The molecule has 7 heteroatoms. The summed E-state index contributed by atoms with van der Waals surface area (Å²) in [5.41, 5.74) is 0.427. The molecule has 2 amide bonds. The van der Waals surface area contributed by atoms with Crippen LogP contribution in [-0.4, -0.2) is 62.8 Å². The highest BCUT2D eigenvalue weighted by molar-refractivity contribution is 5.97. The van der Waals surface area contributed by atoms with Crippen molar-refractivity contribution in [1.29, 1.82) is 0 Å². The van der Waals surface area contributed by atoms with Gasteiger partial charge < -0.3 is 24.4 Å². The molecule has 0 spiro atoms. The van der Waals surface area contributed by atoms with Crippen LogP contribution in [0.3, 0.4) is 0 Å². The highest BCUT2D eigenvalue weighted by atomic mass is 16.5. The molecule has 1 aromatic carbocycles. The van der Waals surface area contributed by atoms with E-state index >= 15 is 0 Å². The molecule has 2 rings (SSSR count). The third kappa shape index (κ3) is 4.86. The van der Waals surface area contributed by atoms with Gasteiger partial charge in [-0.15, -0.1) is 0 Å². The van der Waals surface area contributed by atoms with Crippen molar-refractivity contribution in [3.05, 3.63) is 23.8 Å². The van der Waals surface area contributed by atoms with E-state index in [4.69, 9.17) is 14.2 Å². The molecule has 0 aliphatic carbocycles. The Labute approximate surface area is 141 Å². The Morgan fingerprint density at radius 1 is 1.12 bits per heavy atom. The Bertz CT molecular complexity index is 570. The maximum absolute atomic E-state index is 12.3. The third-order valence-corrected chi connectivity index (χ3v) is 3.57. The van der Waals surface area contributed by atoms with Crippen LogP contribution in [-0.2, 0) is 9.53 Å². The largest absolute Gasteiger partial charge is 0.490 e. The Balaban J connectivity index is 1.95. The highest BCUT2D eigenvalue weighted by Gasteiger charge is 2.18. The van der Waals surface area contributed by atoms with E-state index in [2.05, 4.69) is 5.32 Å². The minimum Gasteiger partial charge on any atom is -0.490 e. The average Bonchev–Trinajstić information content (AvgIpc) is 2.62. The lowest BCUT2D eigenvalue weighted by Crippen LogP contribution is -2.45. The molecule has 7 nitrogen and oxygen atoms in total. The summed E-state index contributed by atoms with van der Waals surface area (Å²) < 4.78 is 16.2. The Morgan fingerprint density at radius 3 is 2.46 bits per heavy atom. The van der Waals surface area contributed by atoms with Crippen LogP contribution < -0.4 is 14.8 Å². The topological polar surface area (TPSA) is 77.1 Å². The zero-order chi connectivity index (χ0) is 17.4. The van der Waals surface area contributed by atoms with Gasteiger partial charge in [0, 0.05) is 18.7 Å². The van der Waals surface area contributed by atoms with E-state index in [1.807, 2.05) is 13.8 Å². The summed E-state index contributed by atoms with van der Waals surface area (Å²) in [6.07, 6.45) is 0. The van der Waals surface area contributed by atoms with E-state index in [9.17, 15) is 9.59 Å². The van der Waals surface area contributed by atoms with Gasteiger partial charge >= 0.3 is 0 Å². The van der Waals surface area contributed by atoms with Crippen molar-refractivity contribution in [3.8, 4) is 11.5 Å². The first-order valence-electron chi connectivity index (χ1n) is 8.19. The van der Waals surface area contributed by atoms with Gasteiger partial charge in [-0.1, -0.05) is 0 Å². The van der Waals surface area contributed by atoms with Gasteiger partial charge in [0.25, 0.3) is 5.91 Å². The second-order valence-corrected chi connectivity index (χ2v) is 5.20. The van der Waals surface area contributed by atoms with Gasteiger partial charge in [0.1, 0.15) is 0 Å². The van der Waals surface area contributed by atoms with Crippen molar-refractivity contribution >= 4 is 11.8 Å². The molecule has 1 aliphatic heterocycles. The number of hydrogen-bond donors (Lipinski definition) is 1. The van der Waals surface area contributed by atoms with Crippen LogP contribution in [0, 0.1) is 0 Å². The average molecular weight is 336 g/mol. The Morgan fingerprint density at radius 2 is 1.79 bits per heavy atom. The summed E-state index contributed by atoms with van der Waals surface area (Å²) >= 11 is 0. The minimum atomic E-state index is -0.319. The van der Waals surface area contributed by atoms with Gasteiger partial charge in [0.05, 0.1) is 33.0 Å². The molecule has 0 saturated carbocycles. The molecule has 0 bridgehead atoms. The van der Waals surface area contributed by atoms with Crippen molar-refractivity contribution in [1.82, 2.24) is 10.2 Å². The maximum Gasteiger partial charge on any atom is 0.251 e. The van der Waals surface area contributed by atoms with Crippen LogP contribution >= 0.6 is 0 Å². The van der Waals surface area contributed by atoms with Crippen molar-refractivity contribution in [2.45, 2.75) is 13.8 Å². The first kappa shape index (κ1) is 18.1. The van der Waals surface area contributed by atoms with E-state index < -0.39 is 0 Å². The smallest absolute Gasteiger partial charge is 0.251 e. The second kappa shape index (κ2) is 9.12. The fourth-order valence-corrected chi connectivity index (χ4v) is 2.37. The summed E-state index contributed by atoms with van der Waals surface area (Å²) in [6, 6.07) is 4.98. The summed E-state index contributed by atoms with van der Waals surface area (Å²) in [5.74, 6) is 0.690. The van der Waals surface area contributed by atoms with E-state index in [1.165, 1.54) is 0 Å². The molecule has 1 aromatic rings. The first-order valence-corrected chi connectivity index (χ1v) is 8.19. The van der Waals surface area contributed by atoms with Crippen LogP contribution in [0.5, 0.6) is 11.5 Å². The normalized spacial score (nSPS) is 14.2. The zero-order valence-electron chi connectivity index (χ0n) is 14.2. The lowest BCUT2D eigenvalue weighted by atomic mass is 10.2. The third-order valence-electron chi connectivity index (χ3n) is 3.57. The van der Waals surface area contributed by atoms with E-state index in [0.29, 0.717) is 56.6 Å². The molecule has 24 heavy (non-hydrogen) atoms. The lowest BCUT2D eigenvalue weighted by Gasteiger charge is -2.26. The van der Waals surface area contributed by atoms with Crippen molar-refractivity contribution in [3.63, 3.8) is 0 Å². The van der Waals surface area contributed by atoms with E-state index in [1.54, 1.807) is 23.1 Å². The molecule has 0 radical (unpaired) electrons. The summed E-state index contributed by atoms with van der Waals surface area (Å²) in [5, 5.41) is 2.65. The predicted molar refractivity (Wildman–Crippen MR) is 88.5 cm³/mol. The van der Waals surface area contributed by atoms with Gasteiger partial charge in [0.15, 0.2) is 11.5 Å². The quantitative estimate of drug-likeness (QED) is 0.806. The summed E-state index contributed by atoms with van der Waals surface area (Å²) in [6.45, 7) is 6.90. The summed E-state index contributed by atoms with van der Waals surface area (Å²) in [7, 11) is 0. The maximum atomic E-state index is 12.3. The van der Waals surface area contributed by atoms with Gasteiger partial charge in [0.2, 0.25) is 5.91 Å². The predicted octanol–water partition coefficient (Wildman–Crippen LogP) is 1.07. The second-order valence-electron chi connectivity index (χ2n) is 5.20. The number of hydrogen-bond acceptors (Lipinski definition) is 5. The number of ether oxygens (including phenoxy) is 3. The number of benzene rings is 1. The van der Waals surface area contributed by atoms with Crippen LogP contribution in [0.4, 0.5) is 0 Å². The van der Waals surface area contributed by atoms with Crippen molar-refractivity contribution < 1.29 is 23.8 Å². The molecule has 0 aromatic heterocycles. The molecule has 132 valence electrons. The molecule has 1 aliphatic rings. The number of amides is 2. The minimum absolute atomic E-state index is 0.0317. The number of morpholine rings is 1. The standard InChI is InChI=1S/C17H24N2O5/c1-3-23-14-6-5-13(11-15(14)24-4-2)17(21)18-12-16(20)19-7-9-22-10-8-19/h5-6,11H,3-4,7-10,12H2,1-2H3,(H,18,21). The molecular weight excluding hydrogens is 312 g/mol. The van der Waals surface area contributed by atoms with Crippen LogP contribution in [0.15, 0.2) is 18.2 Å². The van der Waals surface area contributed by atoms with Gasteiger partial charge in [-0.3, -0.25) is 9.59 Å². The molecular formula is C17H24N2O5. The monoisotopic (exact) mass is 336 g/mol. The SMILES string of the molecule is CCOc1ccc(C(=O)NCC(=O)N2CCOCC2)cc1OCC. The van der Waals surface area contributed by atoms with Crippen LogP contribution in [0.2, 0.25) is 0 Å². The molecule has 0 atom stereocenters. The Hall–Kier alpha value is -2.28. The van der Waals surface area contributed by atoms with Gasteiger partial charge in [-0.25, -0.2) is 0 Å². The molecule has 1 fully saturated rings. The van der Waals surface area contributed by atoms with Crippen molar-refractivity contribution in [2.75, 3.05) is 46.1 Å². The Kier molecular flexibility index (Phi) is 6.87. The van der Waals surface area contributed by atoms with Gasteiger partial charge in [-0.05, 0) is 32.0 Å². The number of nitrogens with one attached hydrogen (secondary N) is 1. The van der Waals surface area contributed by atoms with Crippen LogP contribution in [0.25, 0.3) is 0 Å². The fraction of sp³-hybridized carbons (Fsp3) is 0.529. The van der Waals surface area contributed by atoms with Crippen molar-refractivity contribution in [2.24, 2.45) is 0 Å². The highest BCUT2D eigenvalue weighted by Crippen LogP contribution is 2.28. The summed E-state index contributed by atoms with van der Waals surface area (Å²) in [4.78, 5) is 26.0. The number of carbonyl (C=O) groups is 2. The molecule has 0 unspecified atom stereocenters. The first-order chi connectivity index (χ1) is 11.7. The van der Waals surface area contributed by atoms with Crippen LogP contribution in [0.1, 0.15) is 24.2 Å². The molecule has 1 saturated heterocycles. The van der Waals surface area contributed by atoms with E-state index in [0.717, 1.165) is 0 Å². The zero-order valence-corrected chi connectivity index (χ0v) is 14.2.